The first-order valence-corrected chi connectivity index (χ1v) is 9.59. The van der Waals surface area contributed by atoms with E-state index in [0.29, 0.717) is 33.0 Å². The number of rotatable bonds is 6. The Balaban J connectivity index is 1.87. The van der Waals surface area contributed by atoms with E-state index in [0.717, 1.165) is 5.56 Å². The van der Waals surface area contributed by atoms with Crippen molar-refractivity contribution in [2.75, 3.05) is 18.6 Å². The van der Waals surface area contributed by atoms with Gasteiger partial charge >= 0.3 is 5.97 Å². The number of carbonyl (C=O) groups is 2. The van der Waals surface area contributed by atoms with Crippen LogP contribution in [-0.2, 0) is 4.79 Å². The maximum absolute atomic E-state index is 12.8. The molecule has 1 aliphatic rings. The molecule has 0 aromatic heterocycles. The molecule has 1 amide bonds. The molecule has 144 valence electrons. The fraction of sp³-hybridized carbons (Fsp3) is 0.150. The number of benzene rings is 2. The number of carboxylic acid groups (broad SMARTS) is 1. The average molecular weight is 415 g/mol. The number of anilines is 1. The van der Waals surface area contributed by atoms with Gasteiger partial charge in [0.05, 0.1) is 29.9 Å². The van der Waals surface area contributed by atoms with Crippen molar-refractivity contribution in [3.05, 3.63) is 58.5 Å². The van der Waals surface area contributed by atoms with Crippen molar-refractivity contribution < 1.29 is 24.2 Å². The largest absolute Gasteiger partial charge is 0.493 e. The Bertz CT molecular complexity index is 969. The third-order valence-electron chi connectivity index (χ3n) is 3.95. The quantitative estimate of drug-likeness (QED) is 0.560. The second-order valence-corrected chi connectivity index (χ2v) is 7.39. The molecule has 0 spiro atoms. The highest BCUT2D eigenvalue weighted by atomic mass is 32.2. The van der Waals surface area contributed by atoms with Gasteiger partial charge in [0.15, 0.2) is 15.8 Å². The minimum atomic E-state index is -1.03. The lowest BCUT2D eigenvalue weighted by molar-refractivity contribution is -0.113. The van der Waals surface area contributed by atoms with Crippen LogP contribution in [0, 0.1) is 0 Å². The Morgan fingerprint density at radius 2 is 1.93 bits per heavy atom. The third kappa shape index (κ3) is 4.02. The van der Waals surface area contributed by atoms with Crippen LogP contribution in [0.2, 0.25) is 0 Å². The number of aromatic carboxylic acids is 1. The Kier molecular flexibility index (Phi) is 6.01. The van der Waals surface area contributed by atoms with Crippen molar-refractivity contribution in [1.82, 2.24) is 0 Å². The summed E-state index contributed by atoms with van der Waals surface area (Å²) in [6, 6.07) is 11.4. The van der Waals surface area contributed by atoms with Crippen LogP contribution in [0.25, 0.3) is 6.08 Å². The Morgan fingerprint density at radius 3 is 2.54 bits per heavy atom. The molecule has 0 bridgehead atoms. The van der Waals surface area contributed by atoms with Crippen molar-refractivity contribution in [2.45, 2.75) is 6.92 Å². The number of carbonyl (C=O) groups excluding carboxylic acids is 1. The first-order valence-electron chi connectivity index (χ1n) is 8.36. The first kappa shape index (κ1) is 19.9. The van der Waals surface area contributed by atoms with Crippen LogP contribution in [0.3, 0.4) is 0 Å². The van der Waals surface area contributed by atoms with Crippen LogP contribution in [0.5, 0.6) is 11.5 Å². The van der Waals surface area contributed by atoms with Crippen molar-refractivity contribution in [2.24, 2.45) is 0 Å². The van der Waals surface area contributed by atoms with Gasteiger partial charge in [0.25, 0.3) is 5.91 Å². The fourth-order valence-corrected chi connectivity index (χ4v) is 3.94. The predicted molar refractivity (Wildman–Crippen MR) is 113 cm³/mol. The van der Waals surface area contributed by atoms with Crippen LogP contribution >= 0.6 is 24.0 Å². The highest BCUT2D eigenvalue weighted by Gasteiger charge is 2.33. The van der Waals surface area contributed by atoms with E-state index in [2.05, 4.69) is 0 Å². The van der Waals surface area contributed by atoms with Gasteiger partial charge in [0.1, 0.15) is 0 Å². The van der Waals surface area contributed by atoms with Gasteiger partial charge in [-0.25, -0.2) is 4.79 Å². The molecule has 0 radical (unpaired) electrons. The molecule has 28 heavy (non-hydrogen) atoms. The molecule has 3 rings (SSSR count). The van der Waals surface area contributed by atoms with Crippen LogP contribution in [0.15, 0.2) is 47.4 Å². The van der Waals surface area contributed by atoms with Gasteiger partial charge in [-0.15, -0.1) is 0 Å². The number of hydrogen-bond donors (Lipinski definition) is 1. The molecule has 2 aromatic carbocycles. The minimum Gasteiger partial charge on any atom is -0.493 e. The molecular formula is C20H17NO5S2. The number of nitrogens with zero attached hydrogens (tertiary/aromatic N) is 1. The second kappa shape index (κ2) is 8.45. The number of amides is 1. The molecule has 0 aliphatic carbocycles. The van der Waals surface area contributed by atoms with E-state index in [1.807, 2.05) is 13.0 Å². The fourth-order valence-electron chi connectivity index (χ4n) is 2.64. The summed E-state index contributed by atoms with van der Waals surface area (Å²) >= 11 is 6.54. The molecule has 6 nitrogen and oxygen atoms in total. The van der Waals surface area contributed by atoms with E-state index in [9.17, 15) is 9.59 Å². The summed E-state index contributed by atoms with van der Waals surface area (Å²) in [5.74, 6) is -0.0734. The predicted octanol–water partition coefficient (Wildman–Crippen LogP) is 4.20. The van der Waals surface area contributed by atoms with Gasteiger partial charge in [-0.05, 0) is 55.0 Å². The van der Waals surface area contributed by atoms with Crippen LogP contribution < -0.4 is 14.4 Å². The third-order valence-corrected chi connectivity index (χ3v) is 5.25. The van der Waals surface area contributed by atoms with E-state index in [4.69, 9.17) is 26.8 Å². The van der Waals surface area contributed by atoms with Crippen molar-refractivity contribution in [3.63, 3.8) is 0 Å². The van der Waals surface area contributed by atoms with Gasteiger partial charge in [0.2, 0.25) is 0 Å². The number of methoxy groups -OCH3 is 1. The van der Waals surface area contributed by atoms with Crippen molar-refractivity contribution >= 4 is 51.9 Å². The van der Waals surface area contributed by atoms with Crippen molar-refractivity contribution in [3.8, 4) is 11.5 Å². The molecule has 1 heterocycles. The summed E-state index contributed by atoms with van der Waals surface area (Å²) in [6.45, 7) is 2.41. The van der Waals surface area contributed by atoms with Gasteiger partial charge in [0, 0.05) is 0 Å². The smallest absolute Gasteiger partial charge is 0.335 e. The lowest BCUT2D eigenvalue weighted by atomic mass is 10.1. The van der Waals surface area contributed by atoms with Gasteiger partial charge < -0.3 is 14.6 Å². The highest BCUT2D eigenvalue weighted by Crippen LogP contribution is 2.37. The maximum atomic E-state index is 12.8. The number of ether oxygens (including phenoxy) is 2. The molecule has 1 saturated heterocycles. The minimum absolute atomic E-state index is 0.145. The SMILES string of the molecule is CCOc1ccc(/C=C2\SC(=S)N(c3ccc(C(=O)O)cc3)C2=O)cc1OC. The summed E-state index contributed by atoms with van der Waals surface area (Å²) in [6.07, 6.45) is 1.74. The maximum Gasteiger partial charge on any atom is 0.335 e. The Morgan fingerprint density at radius 1 is 1.21 bits per heavy atom. The molecule has 0 saturated carbocycles. The van der Waals surface area contributed by atoms with E-state index in [1.54, 1.807) is 37.5 Å². The van der Waals surface area contributed by atoms with E-state index in [-0.39, 0.29) is 11.5 Å². The summed E-state index contributed by atoms with van der Waals surface area (Å²) in [7, 11) is 1.56. The van der Waals surface area contributed by atoms with E-state index >= 15 is 0 Å². The number of thiocarbonyl (C=S) groups is 1. The summed E-state index contributed by atoms with van der Waals surface area (Å²) < 4.78 is 11.2. The number of carboxylic acids is 1. The molecule has 2 aromatic rings. The summed E-state index contributed by atoms with van der Waals surface area (Å²) in [5, 5.41) is 9.01. The molecular weight excluding hydrogens is 398 g/mol. The Hall–Kier alpha value is -2.84. The molecule has 1 N–H and O–H groups in total. The number of thioether (sulfide) groups is 1. The van der Waals surface area contributed by atoms with Crippen LogP contribution in [0.4, 0.5) is 5.69 Å². The first-order chi connectivity index (χ1) is 13.4. The topological polar surface area (TPSA) is 76.1 Å². The zero-order valence-corrected chi connectivity index (χ0v) is 16.8. The monoisotopic (exact) mass is 415 g/mol. The zero-order valence-electron chi connectivity index (χ0n) is 15.2. The lowest BCUT2D eigenvalue weighted by Gasteiger charge is -2.14. The van der Waals surface area contributed by atoms with Gasteiger partial charge in [-0.1, -0.05) is 30.0 Å². The molecule has 0 atom stereocenters. The van der Waals surface area contributed by atoms with Crippen molar-refractivity contribution in [1.29, 1.82) is 0 Å². The number of hydrogen-bond acceptors (Lipinski definition) is 6. The Labute approximate surface area is 171 Å². The molecule has 1 aliphatic heterocycles. The molecule has 1 fully saturated rings. The van der Waals surface area contributed by atoms with Gasteiger partial charge in [-0.3, -0.25) is 9.69 Å². The average Bonchev–Trinajstić information content (AvgIpc) is 2.96. The van der Waals surface area contributed by atoms with E-state index in [1.165, 1.54) is 28.8 Å². The summed E-state index contributed by atoms with van der Waals surface area (Å²) in [5.41, 5.74) is 1.45. The molecule has 8 heteroatoms. The highest BCUT2D eigenvalue weighted by molar-refractivity contribution is 8.27. The van der Waals surface area contributed by atoms with Crippen LogP contribution in [-0.4, -0.2) is 35.0 Å². The standard InChI is InChI=1S/C20H17NO5S2/c1-3-26-15-9-4-12(10-16(15)25-2)11-17-18(22)21(20(27)28-17)14-7-5-13(6-8-14)19(23)24/h4-11H,3H2,1-2H3,(H,23,24)/b17-11-. The molecule has 0 unspecified atom stereocenters. The zero-order chi connectivity index (χ0) is 20.3. The normalized spacial score (nSPS) is 15.2. The lowest BCUT2D eigenvalue weighted by Crippen LogP contribution is -2.27. The summed E-state index contributed by atoms with van der Waals surface area (Å²) in [4.78, 5) is 25.7. The van der Waals surface area contributed by atoms with Crippen LogP contribution in [0.1, 0.15) is 22.8 Å². The van der Waals surface area contributed by atoms with Gasteiger partial charge in [-0.2, -0.15) is 0 Å². The van der Waals surface area contributed by atoms with E-state index < -0.39 is 5.97 Å². The second-order valence-electron chi connectivity index (χ2n) is 5.71.